The van der Waals surface area contributed by atoms with E-state index in [2.05, 4.69) is 31.0 Å². The van der Waals surface area contributed by atoms with Gasteiger partial charge in [0.15, 0.2) is 11.6 Å². The Morgan fingerprint density at radius 2 is 0.975 bits per heavy atom. The maximum Gasteiger partial charge on any atom is 0.338 e. The lowest BCUT2D eigenvalue weighted by atomic mass is 10.1. The van der Waals surface area contributed by atoms with E-state index in [9.17, 15) is 29.1 Å². The van der Waals surface area contributed by atoms with Crippen LogP contribution in [-0.4, -0.2) is 94.9 Å². The molecule has 10 aromatic rings. The number of aliphatic hydroxyl groups is 1. The topological polar surface area (TPSA) is 217 Å². The summed E-state index contributed by atoms with van der Waals surface area (Å²) in [7, 11) is 8.56. The highest BCUT2D eigenvalue weighted by atomic mass is 32.1. The number of fused-ring (bicyclic) bond motifs is 2. The highest BCUT2D eigenvalue weighted by Gasteiger charge is 2.28. The maximum absolute atomic E-state index is 15.2. The molecule has 3 N–H and O–H groups in total. The highest BCUT2D eigenvalue weighted by molar-refractivity contribution is 7.22. The van der Waals surface area contributed by atoms with E-state index in [1.807, 2.05) is 9.80 Å². The number of urea groups is 1. The van der Waals surface area contributed by atoms with Gasteiger partial charge in [0.2, 0.25) is 5.88 Å². The molecule has 0 saturated carbocycles. The predicted molar refractivity (Wildman–Crippen MR) is 296 cm³/mol. The fourth-order valence-corrected chi connectivity index (χ4v) is 11.7. The van der Waals surface area contributed by atoms with Crippen LogP contribution in [0.1, 0.15) is 27.9 Å². The zero-order valence-electron chi connectivity index (χ0n) is 43.1. The number of methoxy groups -OCH3 is 1. The lowest BCUT2D eigenvalue weighted by Crippen LogP contribution is -2.40. The second kappa shape index (κ2) is 22.4. The van der Waals surface area contributed by atoms with Crippen LogP contribution in [-0.2, 0) is 32.8 Å². The molecule has 0 unspecified atom stereocenters. The van der Waals surface area contributed by atoms with Gasteiger partial charge in [0, 0.05) is 51.4 Å². The molecule has 2 amide bonds. The van der Waals surface area contributed by atoms with Crippen LogP contribution in [0.3, 0.4) is 0 Å². The largest absolute Gasteiger partial charge is 0.480 e. The van der Waals surface area contributed by atoms with E-state index >= 15 is 17.6 Å². The first-order valence-corrected chi connectivity index (χ1v) is 26.0. The normalized spacial score (nSPS) is 11.6. The first-order chi connectivity index (χ1) is 38.4. The first-order valence-electron chi connectivity index (χ1n) is 24.3. The minimum absolute atomic E-state index is 0.108. The molecule has 0 aliphatic carbocycles. The third-order valence-corrected chi connectivity index (χ3v) is 15.4. The van der Waals surface area contributed by atoms with Gasteiger partial charge < -0.3 is 30.3 Å². The molecule has 0 spiro atoms. The number of thiophene rings is 2. The second-order valence-electron chi connectivity index (χ2n) is 18.8. The molecule has 0 bridgehead atoms. The Morgan fingerprint density at radius 3 is 1.32 bits per heavy atom. The number of nitrogens with one attached hydrogen (secondary N) is 2. The standard InChI is InChI=1S/C55H46F4N12O7S2/c1-66(2)24-36-45-49(73)70(42-21-20-33(28-72)62-63-42)54(76)68(26-34-38(56)8-6-9-39(34)57)51(45)79-47(36)29-12-16-31(17-13-29)60-53(75)61-32-18-14-30(15-19-32)48-37(25-67(3)4)46-50(74)71(43-22-23-44(78-5)65-64-43)55(77)69(52(46)80-48)27-35-40(58)10-7-11-41(35)59/h6-23,72H,24-28H2,1-5H3,(H2,60,61,75). The van der Waals surface area contributed by atoms with Gasteiger partial charge in [0.05, 0.1) is 43.3 Å². The summed E-state index contributed by atoms with van der Waals surface area (Å²) in [5.41, 5.74) is -0.913. The number of aromatic nitrogens is 8. The number of benzene rings is 4. The van der Waals surface area contributed by atoms with E-state index in [1.165, 1.54) is 43.5 Å². The summed E-state index contributed by atoms with van der Waals surface area (Å²) in [6.07, 6.45) is 0. The zero-order chi connectivity index (χ0) is 56.7. The van der Waals surface area contributed by atoms with Crippen molar-refractivity contribution in [2.75, 3.05) is 45.9 Å². The molecule has 0 aliphatic heterocycles. The van der Waals surface area contributed by atoms with Crippen molar-refractivity contribution in [1.82, 2.24) is 48.5 Å². The molecule has 0 radical (unpaired) electrons. The van der Waals surface area contributed by atoms with Gasteiger partial charge in [-0.25, -0.2) is 41.1 Å². The summed E-state index contributed by atoms with van der Waals surface area (Å²) < 4.78 is 69.8. The Kier molecular flexibility index (Phi) is 15.2. The molecule has 25 heteroatoms. The highest BCUT2D eigenvalue weighted by Crippen LogP contribution is 2.40. The molecule has 4 aromatic carbocycles. The summed E-state index contributed by atoms with van der Waals surface area (Å²) in [5.74, 6) is -3.73. The van der Waals surface area contributed by atoms with E-state index in [-0.39, 0.29) is 62.3 Å². The van der Waals surface area contributed by atoms with Crippen LogP contribution < -0.4 is 37.9 Å². The van der Waals surface area contributed by atoms with Crippen LogP contribution in [0.2, 0.25) is 0 Å². The quantitative estimate of drug-likeness (QED) is 0.0797. The van der Waals surface area contributed by atoms with Crippen molar-refractivity contribution in [3.05, 3.63) is 202 Å². The molecule has 408 valence electrons. The molecular formula is C55H46F4N12O7S2. The molecule has 19 nitrogen and oxygen atoms in total. The van der Waals surface area contributed by atoms with E-state index in [4.69, 9.17) is 4.74 Å². The summed E-state index contributed by atoms with van der Waals surface area (Å²) in [6, 6.07) is 25.1. The van der Waals surface area contributed by atoms with Gasteiger partial charge in [-0.15, -0.1) is 38.0 Å². The summed E-state index contributed by atoms with van der Waals surface area (Å²) in [4.78, 5) is 76.5. The number of carbonyl (C=O) groups is 1. The van der Waals surface area contributed by atoms with Crippen LogP contribution in [0.5, 0.6) is 5.88 Å². The van der Waals surface area contributed by atoms with E-state index in [0.717, 1.165) is 65.2 Å². The van der Waals surface area contributed by atoms with Crippen LogP contribution >= 0.6 is 22.7 Å². The smallest absolute Gasteiger partial charge is 0.338 e. The fraction of sp³-hybridized carbons (Fsp3) is 0.182. The number of ether oxygens (including phenoxy) is 1. The second-order valence-corrected chi connectivity index (χ2v) is 20.8. The van der Waals surface area contributed by atoms with Crippen molar-refractivity contribution in [2.24, 2.45) is 0 Å². The molecule has 6 aromatic heterocycles. The summed E-state index contributed by atoms with van der Waals surface area (Å²) in [5, 5.41) is 31.3. The van der Waals surface area contributed by atoms with E-state index in [1.54, 1.807) is 76.7 Å². The number of anilines is 2. The van der Waals surface area contributed by atoms with Crippen molar-refractivity contribution in [1.29, 1.82) is 0 Å². The average molecular weight is 1130 g/mol. The molecule has 0 atom stereocenters. The Balaban J connectivity index is 0.965. The number of aliphatic hydroxyl groups excluding tert-OH is 1. The number of rotatable bonds is 16. The summed E-state index contributed by atoms with van der Waals surface area (Å²) >= 11 is 2.18. The van der Waals surface area contributed by atoms with E-state index < -0.39 is 77.1 Å². The monoisotopic (exact) mass is 1130 g/mol. The lowest BCUT2D eigenvalue weighted by molar-refractivity contribution is 0.262. The molecule has 80 heavy (non-hydrogen) atoms. The molecule has 0 aliphatic rings. The van der Waals surface area contributed by atoms with Gasteiger partial charge in [-0.05, 0) is 117 Å². The van der Waals surface area contributed by atoms with Crippen molar-refractivity contribution in [2.45, 2.75) is 32.8 Å². The molecule has 0 saturated heterocycles. The van der Waals surface area contributed by atoms with Crippen LogP contribution in [0, 0.1) is 23.3 Å². The van der Waals surface area contributed by atoms with Gasteiger partial charge in [-0.2, -0.15) is 5.10 Å². The SMILES string of the molecule is COc1ccc(-n2c(=O)c3c(CN(C)C)c(-c4ccc(NC(=O)Nc5ccc(-c6sc7c(c6CN(C)C)c(=O)n(-c6ccc(CO)nn6)c(=O)n7Cc6c(F)cccc6F)cc5)cc4)sc3n(Cc3c(F)cccc3F)c2=O)nn1. The van der Waals surface area contributed by atoms with Gasteiger partial charge >= 0.3 is 17.4 Å². The number of nitrogens with zero attached hydrogens (tertiary/aromatic N) is 10. The maximum atomic E-state index is 15.2. The van der Waals surface area contributed by atoms with Crippen LogP contribution in [0.4, 0.5) is 33.7 Å². The molecule has 0 fully saturated rings. The molecule has 10 rings (SSSR count). The van der Waals surface area contributed by atoms with Crippen molar-refractivity contribution in [3.63, 3.8) is 0 Å². The molecular weight excluding hydrogens is 1080 g/mol. The van der Waals surface area contributed by atoms with Crippen LogP contribution in [0.15, 0.2) is 128 Å². The van der Waals surface area contributed by atoms with Crippen molar-refractivity contribution < 1.29 is 32.2 Å². The van der Waals surface area contributed by atoms with Crippen molar-refractivity contribution in [3.8, 4) is 38.4 Å². The summed E-state index contributed by atoms with van der Waals surface area (Å²) in [6.45, 7) is -1.17. The Hall–Kier alpha value is -9.01. The average Bonchev–Trinajstić information content (AvgIpc) is 4.16. The third kappa shape index (κ3) is 10.4. The van der Waals surface area contributed by atoms with Crippen LogP contribution in [0.25, 0.3) is 53.0 Å². The fourth-order valence-electron chi connectivity index (χ4n) is 9.10. The van der Waals surface area contributed by atoms with Gasteiger partial charge in [-0.1, -0.05) is 36.4 Å². The number of amides is 2. The number of carbonyl (C=O) groups excluding carboxylic acids is 1. The Bertz CT molecular complexity index is 3960. The number of hydrogen-bond donors (Lipinski definition) is 3. The number of halogens is 4. The lowest BCUT2D eigenvalue weighted by Gasteiger charge is -2.14. The van der Waals surface area contributed by atoms with Gasteiger partial charge in [-0.3, -0.25) is 18.7 Å². The minimum atomic E-state index is -0.925. The Labute approximate surface area is 458 Å². The number of hydrogen-bond acceptors (Lipinski definition) is 15. The molecule has 6 heterocycles. The van der Waals surface area contributed by atoms with Gasteiger partial charge in [0.25, 0.3) is 11.1 Å². The first kappa shape index (κ1) is 54.3. The third-order valence-electron chi connectivity index (χ3n) is 12.8. The van der Waals surface area contributed by atoms with E-state index in [0.29, 0.717) is 43.4 Å². The van der Waals surface area contributed by atoms with Crippen molar-refractivity contribution >= 4 is 60.5 Å². The zero-order valence-corrected chi connectivity index (χ0v) is 44.8. The Morgan fingerprint density at radius 1 is 0.562 bits per heavy atom. The predicted octanol–water partition coefficient (Wildman–Crippen LogP) is 7.58. The minimum Gasteiger partial charge on any atom is -0.480 e. The van der Waals surface area contributed by atoms with Gasteiger partial charge in [0.1, 0.15) is 32.9 Å².